The summed E-state index contributed by atoms with van der Waals surface area (Å²) in [6.45, 7) is 6.75. The summed E-state index contributed by atoms with van der Waals surface area (Å²) >= 11 is 1.64. The van der Waals surface area contributed by atoms with Crippen molar-refractivity contribution in [3.63, 3.8) is 0 Å². The van der Waals surface area contributed by atoms with Crippen LogP contribution in [0, 0.1) is 0 Å². The van der Waals surface area contributed by atoms with E-state index in [1.165, 1.54) is 0 Å². The molecular weight excluding hydrogens is 222 g/mol. The number of nitrogens with zero attached hydrogens (tertiary/aromatic N) is 2. The smallest absolute Gasteiger partial charge is 0.0833 e. The van der Waals surface area contributed by atoms with E-state index in [1.54, 1.807) is 28.8 Å². The third-order valence-electron chi connectivity index (χ3n) is 2.13. The zero-order valence-electron chi connectivity index (χ0n) is 9.81. The molecule has 0 spiro atoms. The van der Waals surface area contributed by atoms with Crippen molar-refractivity contribution < 1.29 is 5.11 Å². The summed E-state index contributed by atoms with van der Waals surface area (Å²) in [5, 5.41) is 17.2. The van der Waals surface area contributed by atoms with Gasteiger partial charge < -0.3 is 10.4 Å². The van der Waals surface area contributed by atoms with Gasteiger partial charge in [0.15, 0.2) is 0 Å². The minimum Gasteiger partial charge on any atom is -0.388 e. The van der Waals surface area contributed by atoms with Gasteiger partial charge in [-0.15, -0.1) is 0 Å². The van der Waals surface area contributed by atoms with E-state index in [0.717, 1.165) is 11.3 Å². The van der Waals surface area contributed by atoms with Gasteiger partial charge >= 0.3 is 0 Å². The molecular formula is C11H19N3OS. The molecule has 1 rings (SSSR count). The summed E-state index contributed by atoms with van der Waals surface area (Å²) in [4.78, 5) is 0. The lowest BCUT2D eigenvalue weighted by atomic mass is 10.1. The zero-order chi connectivity index (χ0) is 12.0. The third kappa shape index (κ3) is 4.38. The molecule has 1 aromatic rings. The second kappa shape index (κ2) is 6.08. The molecule has 0 aliphatic carbocycles. The fourth-order valence-electron chi connectivity index (χ4n) is 1.41. The van der Waals surface area contributed by atoms with Crippen LogP contribution < -0.4 is 5.32 Å². The topological polar surface area (TPSA) is 50.1 Å². The van der Waals surface area contributed by atoms with Crippen LogP contribution in [0.25, 0.3) is 6.20 Å². The van der Waals surface area contributed by atoms with Crippen LogP contribution in [0.15, 0.2) is 19.0 Å². The average Bonchev–Trinajstić information content (AvgIpc) is 2.65. The number of nitrogens with one attached hydrogen (secondary N) is 1. The summed E-state index contributed by atoms with van der Waals surface area (Å²) < 4.78 is 1.66. The van der Waals surface area contributed by atoms with Crippen LogP contribution in [0.3, 0.4) is 0 Å². The first kappa shape index (κ1) is 13.3. The summed E-state index contributed by atoms with van der Waals surface area (Å²) in [7, 11) is 0. The highest BCUT2D eigenvalue weighted by molar-refractivity contribution is 7.98. The molecule has 16 heavy (non-hydrogen) atoms. The molecule has 1 atom stereocenters. The molecule has 0 aliphatic rings. The van der Waals surface area contributed by atoms with Crippen molar-refractivity contribution in [3.05, 3.63) is 24.5 Å². The minimum atomic E-state index is -0.659. The van der Waals surface area contributed by atoms with Crippen molar-refractivity contribution >= 4 is 18.0 Å². The first-order chi connectivity index (χ1) is 7.57. The molecule has 2 N–H and O–H groups in total. The lowest BCUT2D eigenvalue weighted by molar-refractivity contribution is 0.0846. The maximum absolute atomic E-state index is 9.92. The lowest BCUT2D eigenvalue weighted by Crippen LogP contribution is -2.39. The molecule has 0 bridgehead atoms. The van der Waals surface area contributed by atoms with E-state index in [4.69, 9.17) is 0 Å². The summed E-state index contributed by atoms with van der Waals surface area (Å²) in [5.74, 6) is 0.728. The molecule has 0 saturated carbocycles. The number of hydrogen-bond acceptors (Lipinski definition) is 4. The highest BCUT2D eigenvalue weighted by atomic mass is 32.2. The summed E-state index contributed by atoms with van der Waals surface area (Å²) in [6.07, 6.45) is 7.33. The number of rotatable bonds is 7. The Hall–Kier alpha value is -0.780. The van der Waals surface area contributed by atoms with Gasteiger partial charge in [-0.1, -0.05) is 6.58 Å². The van der Waals surface area contributed by atoms with Crippen LogP contribution in [0.5, 0.6) is 0 Å². The number of aromatic nitrogens is 2. The van der Waals surface area contributed by atoms with Crippen molar-refractivity contribution in [2.24, 2.45) is 0 Å². The van der Waals surface area contributed by atoms with Gasteiger partial charge in [0, 0.05) is 36.8 Å². The Labute approximate surface area is 101 Å². The van der Waals surface area contributed by atoms with Gasteiger partial charge in [-0.2, -0.15) is 16.9 Å². The van der Waals surface area contributed by atoms with Crippen LogP contribution in [-0.4, -0.2) is 39.0 Å². The summed E-state index contributed by atoms with van der Waals surface area (Å²) in [6, 6.07) is 0. The van der Waals surface area contributed by atoms with Crippen LogP contribution in [-0.2, 0) is 6.54 Å². The fraction of sp³-hybridized carbons (Fsp3) is 0.545. The summed E-state index contributed by atoms with van der Waals surface area (Å²) in [5.41, 5.74) is 0.424. The quantitative estimate of drug-likeness (QED) is 0.753. The normalized spacial score (nSPS) is 14.7. The van der Waals surface area contributed by atoms with Gasteiger partial charge in [0.2, 0.25) is 0 Å². The first-order valence-electron chi connectivity index (χ1n) is 5.15. The van der Waals surface area contributed by atoms with E-state index in [0.29, 0.717) is 13.1 Å². The number of thioether (sulfide) groups is 1. The lowest BCUT2D eigenvalue weighted by Gasteiger charge is -2.22. The number of hydrogen-bond donors (Lipinski definition) is 2. The zero-order valence-corrected chi connectivity index (χ0v) is 10.6. The Morgan fingerprint density at radius 1 is 1.75 bits per heavy atom. The first-order valence-corrected chi connectivity index (χ1v) is 6.54. The molecule has 0 amide bonds. The third-order valence-corrected chi connectivity index (χ3v) is 3.04. The standard InChI is InChI=1S/C11H19N3OS/c1-4-14-7-10(6-13-14)5-12-8-11(2,15)9-16-3/h4,6-7,12,15H,1,5,8-9H2,2-3H3. The molecule has 0 fully saturated rings. The molecule has 0 aliphatic heterocycles. The van der Waals surface area contributed by atoms with Crippen LogP contribution in [0.2, 0.25) is 0 Å². The highest BCUT2D eigenvalue weighted by Crippen LogP contribution is 2.09. The van der Waals surface area contributed by atoms with Gasteiger partial charge in [0.05, 0.1) is 11.8 Å². The minimum absolute atomic E-state index is 0.576. The largest absolute Gasteiger partial charge is 0.388 e. The van der Waals surface area contributed by atoms with Gasteiger partial charge in [-0.05, 0) is 13.2 Å². The van der Waals surface area contributed by atoms with Gasteiger partial charge in [0.25, 0.3) is 0 Å². The van der Waals surface area contributed by atoms with E-state index >= 15 is 0 Å². The SMILES string of the molecule is C=Cn1cc(CNCC(C)(O)CSC)cn1. The Balaban J connectivity index is 2.32. The van der Waals surface area contributed by atoms with Gasteiger partial charge in [0.1, 0.15) is 0 Å². The molecule has 0 aromatic carbocycles. The van der Waals surface area contributed by atoms with E-state index in [1.807, 2.05) is 19.4 Å². The molecule has 5 heteroatoms. The predicted molar refractivity (Wildman–Crippen MR) is 69.3 cm³/mol. The van der Waals surface area contributed by atoms with Gasteiger partial charge in [-0.3, -0.25) is 0 Å². The Morgan fingerprint density at radius 2 is 2.50 bits per heavy atom. The molecule has 1 aromatic heterocycles. The molecule has 1 unspecified atom stereocenters. The van der Waals surface area contributed by atoms with E-state index in [9.17, 15) is 5.11 Å². The Bertz CT molecular complexity index is 336. The van der Waals surface area contributed by atoms with E-state index in [2.05, 4.69) is 17.0 Å². The van der Waals surface area contributed by atoms with Crippen molar-refractivity contribution in [3.8, 4) is 0 Å². The molecule has 1 heterocycles. The van der Waals surface area contributed by atoms with Crippen molar-refractivity contribution in [2.75, 3.05) is 18.6 Å². The highest BCUT2D eigenvalue weighted by Gasteiger charge is 2.18. The predicted octanol–water partition coefficient (Wildman–Crippen LogP) is 1.19. The van der Waals surface area contributed by atoms with Crippen LogP contribution >= 0.6 is 11.8 Å². The van der Waals surface area contributed by atoms with Gasteiger partial charge in [-0.25, -0.2) is 4.68 Å². The monoisotopic (exact) mass is 241 g/mol. The molecule has 4 nitrogen and oxygen atoms in total. The maximum atomic E-state index is 9.92. The number of aliphatic hydroxyl groups is 1. The molecule has 90 valence electrons. The van der Waals surface area contributed by atoms with Crippen LogP contribution in [0.1, 0.15) is 12.5 Å². The van der Waals surface area contributed by atoms with E-state index < -0.39 is 5.60 Å². The van der Waals surface area contributed by atoms with Crippen molar-refractivity contribution in [2.45, 2.75) is 19.1 Å². The second-order valence-corrected chi connectivity index (χ2v) is 4.91. The molecule has 0 saturated heterocycles. The maximum Gasteiger partial charge on any atom is 0.0833 e. The Kier molecular flexibility index (Phi) is 5.05. The second-order valence-electron chi connectivity index (χ2n) is 4.04. The average molecular weight is 241 g/mol. The van der Waals surface area contributed by atoms with E-state index in [-0.39, 0.29) is 0 Å². The van der Waals surface area contributed by atoms with Crippen LogP contribution in [0.4, 0.5) is 0 Å². The fourth-order valence-corrected chi connectivity index (χ4v) is 2.13. The van der Waals surface area contributed by atoms with Crippen molar-refractivity contribution in [1.29, 1.82) is 0 Å². The molecule has 0 radical (unpaired) electrons. The van der Waals surface area contributed by atoms with Crippen molar-refractivity contribution in [1.82, 2.24) is 15.1 Å². The Morgan fingerprint density at radius 3 is 3.06 bits per heavy atom.